The number of imide groups is 1. The molecule has 0 spiro atoms. The van der Waals surface area contributed by atoms with Crippen LogP contribution in [0.4, 0.5) is 4.79 Å². The minimum atomic E-state index is -1.08. The molecule has 0 aliphatic carbocycles. The molecule has 3 amide bonds. The molecule has 0 aromatic carbocycles. The molecule has 1 fully saturated rings. The highest BCUT2D eigenvalue weighted by atomic mass is 16.7. The molecule has 88 valence electrons. The first-order valence-electron chi connectivity index (χ1n) is 5.05. The highest BCUT2D eigenvalue weighted by molar-refractivity contribution is 6.07. The lowest BCUT2D eigenvalue weighted by Crippen LogP contribution is -2.53. The first kappa shape index (κ1) is 10.7. The standard InChI is InChI=1S/C9H13N3O4/c1-3-15-6-4-5(16-12-6)9(2)7(13)10-8(14)11-9/h5H,3-4H2,1-2H3,(H2,10,11,13,14). The smallest absolute Gasteiger partial charge is 0.322 e. The SMILES string of the molecule is CCOC1=NOC(C2(C)NC(=O)NC2=O)C1. The summed E-state index contributed by atoms with van der Waals surface area (Å²) in [7, 11) is 0. The van der Waals surface area contributed by atoms with E-state index in [0.29, 0.717) is 18.9 Å². The molecule has 7 heteroatoms. The Bertz CT molecular complexity index is 368. The van der Waals surface area contributed by atoms with Crippen LogP contribution >= 0.6 is 0 Å². The van der Waals surface area contributed by atoms with Gasteiger partial charge in [-0.3, -0.25) is 10.1 Å². The van der Waals surface area contributed by atoms with Crippen molar-refractivity contribution in [2.45, 2.75) is 31.9 Å². The fourth-order valence-corrected chi connectivity index (χ4v) is 1.70. The number of nitrogens with zero attached hydrogens (tertiary/aromatic N) is 1. The zero-order chi connectivity index (χ0) is 11.8. The number of oxime groups is 1. The normalized spacial score (nSPS) is 32.9. The van der Waals surface area contributed by atoms with Crippen molar-refractivity contribution in [3.63, 3.8) is 0 Å². The topological polar surface area (TPSA) is 89.0 Å². The number of carbonyl (C=O) groups excluding carboxylic acids is 2. The van der Waals surface area contributed by atoms with Crippen LogP contribution in [0.3, 0.4) is 0 Å². The Kier molecular flexibility index (Phi) is 2.45. The van der Waals surface area contributed by atoms with Gasteiger partial charge in [0.25, 0.3) is 5.91 Å². The molecule has 0 aromatic heterocycles. The van der Waals surface area contributed by atoms with Crippen LogP contribution in [0.5, 0.6) is 0 Å². The van der Waals surface area contributed by atoms with Crippen molar-refractivity contribution in [2.24, 2.45) is 5.16 Å². The van der Waals surface area contributed by atoms with Crippen LogP contribution in [0.25, 0.3) is 0 Å². The second-order valence-corrected chi connectivity index (χ2v) is 3.83. The average molecular weight is 227 g/mol. The molecule has 2 aliphatic rings. The Morgan fingerprint density at radius 1 is 1.62 bits per heavy atom. The number of carbonyl (C=O) groups is 2. The minimum Gasteiger partial charge on any atom is -0.479 e. The van der Waals surface area contributed by atoms with Gasteiger partial charge >= 0.3 is 6.03 Å². The third kappa shape index (κ3) is 1.58. The van der Waals surface area contributed by atoms with E-state index in [9.17, 15) is 9.59 Å². The molecule has 2 rings (SSSR count). The summed E-state index contributed by atoms with van der Waals surface area (Å²) >= 11 is 0. The average Bonchev–Trinajstić information content (AvgIpc) is 2.75. The summed E-state index contributed by atoms with van der Waals surface area (Å²) in [4.78, 5) is 27.8. The van der Waals surface area contributed by atoms with Crippen LogP contribution in [-0.4, -0.2) is 36.1 Å². The Hall–Kier alpha value is -1.79. The number of amides is 3. The third-order valence-electron chi connectivity index (χ3n) is 2.67. The molecule has 2 N–H and O–H groups in total. The molecule has 1 saturated heterocycles. The second kappa shape index (κ2) is 3.66. The van der Waals surface area contributed by atoms with E-state index in [1.807, 2.05) is 6.92 Å². The summed E-state index contributed by atoms with van der Waals surface area (Å²) in [5, 5.41) is 8.42. The summed E-state index contributed by atoms with van der Waals surface area (Å²) in [5.74, 6) is 0.0399. The maximum Gasteiger partial charge on any atom is 0.322 e. The van der Waals surface area contributed by atoms with Crippen molar-refractivity contribution in [1.29, 1.82) is 0 Å². The molecule has 7 nitrogen and oxygen atoms in total. The molecule has 0 saturated carbocycles. The van der Waals surface area contributed by atoms with E-state index < -0.39 is 23.6 Å². The Labute approximate surface area is 92.1 Å². The van der Waals surface area contributed by atoms with Crippen molar-refractivity contribution in [2.75, 3.05) is 6.61 Å². The van der Waals surface area contributed by atoms with E-state index in [1.165, 1.54) is 0 Å². The Morgan fingerprint density at radius 2 is 2.38 bits per heavy atom. The Morgan fingerprint density at radius 3 is 2.94 bits per heavy atom. The number of hydrogen-bond acceptors (Lipinski definition) is 5. The molecule has 2 heterocycles. The zero-order valence-electron chi connectivity index (χ0n) is 9.07. The molecule has 0 bridgehead atoms. The lowest BCUT2D eigenvalue weighted by atomic mass is 9.93. The summed E-state index contributed by atoms with van der Waals surface area (Å²) < 4.78 is 5.18. The number of hydrogen-bond donors (Lipinski definition) is 2. The van der Waals surface area contributed by atoms with Gasteiger partial charge in [0.05, 0.1) is 13.0 Å². The third-order valence-corrected chi connectivity index (χ3v) is 2.67. The van der Waals surface area contributed by atoms with Crippen molar-refractivity contribution < 1.29 is 19.2 Å². The van der Waals surface area contributed by atoms with Gasteiger partial charge in [-0.1, -0.05) is 5.16 Å². The van der Waals surface area contributed by atoms with E-state index in [-0.39, 0.29) is 0 Å². The Balaban J connectivity index is 2.05. The quantitative estimate of drug-likeness (QED) is 0.635. The lowest BCUT2D eigenvalue weighted by Gasteiger charge is -2.25. The van der Waals surface area contributed by atoms with E-state index >= 15 is 0 Å². The maximum absolute atomic E-state index is 11.6. The van der Waals surface area contributed by atoms with Gasteiger partial charge < -0.3 is 14.9 Å². The van der Waals surface area contributed by atoms with Gasteiger partial charge in [0.1, 0.15) is 0 Å². The molecular weight excluding hydrogens is 214 g/mol. The molecular formula is C9H13N3O4. The van der Waals surface area contributed by atoms with E-state index in [4.69, 9.17) is 9.57 Å². The van der Waals surface area contributed by atoms with Crippen LogP contribution in [0.1, 0.15) is 20.3 Å². The zero-order valence-corrected chi connectivity index (χ0v) is 9.07. The van der Waals surface area contributed by atoms with Crippen LogP contribution < -0.4 is 10.6 Å². The first-order valence-corrected chi connectivity index (χ1v) is 5.05. The number of rotatable bonds is 2. The van der Waals surface area contributed by atoms with E-state index in [2.05, 4.69) is 15.8 Å². The van der Waals surface area contributed by atoms with Gasteiger partial charge in [-0.2, -0.15) is 0 Å². The fraction of sp³-hybridized carbons (Fsp3) is 0.667. The highest BCUT2D eigenvalue weighted by Crippen LogP contribution is 2.25. The number of ether oxygens (including phenoxy) is 1. The van der Waals surface area contributed by atoms with Crippen LogP contribution in [0.15, 0.2) is 5.16 Å². The monoisotopic (exact) mass is 227 g/mol. The van der Waals surface area contributed by atoms with Crippen molar-refractivity contribution in [3.05, 3.63) is 0 Å². The van der Waals surface area contributed by atoms with Crippen LogP contribution in [0.2, 0.25) is 0 Å². The van der Waals surface area contributed by atoms with Gasteiger partial charge in [0.15, 0.2) is 11.6 Å². The molecule has 16 heavy (non-hydrogen) atoms. The second-order valence-electron chi connectivity index (χ2n) is 3.83. The summed E-state index contributed by atoms with van der Waals surface area (Å²) in [5.41, 5.74) is -1.08. The minimum absolute atomic E-state index is 0.373. The molecule has 2 atom stereocenters. The van der Waals surface area contributed by atoms with Crippen molar-refractivity contribution in [1.82, 2.24) is 10.6 Å². The van der Waals surface area contributed by atoms with Gasteiger partial charge in [0, 0.05) is 0 Å². The summed E-state index contributed by atoms with van der Waals surface area (Å²) in [6.07, 6.45) is -0.154. The highest BCUT2D eigenvalue weighted by Gasteiger charge is 2.52. The van der Waals surface area contributed by atoms with Gasteiger partial charge in [0.2, 0.25) is 5.90 Å². The fourth-order valence-electron chi connectivity index (χ4n) is 1.70. The molecule has 2 aliphatic heterocycles. The van der Waals surface area contributed by atoms with Crippen molar-refractivity contribution >= 4 is 17.8 Å². The molecule has 0 radical (unpaired) electrons. The van der Waals surface area contributed by atoms with Gasteiger partial charge in [-0.25, -0.2) is 4.79 Å². The maximum atomic E-state index is 11.6. The first-order chi connectivity index (χ1) is 7.56. The number of nitrogens with one attached hydrogen (secondary N) is 2. The summed E-state index contributed by atoms with van der Waals surface area (Å²) in [6, 6.07) is -0.513. The lowest BCUT2D eigenvalue weighted by molar-refractivity contribution is -0.128. The number of urea groups is 1. The molecule has 0 aromatic rings. The van der Waals surface area contributed by atoms with E-state index in [1.54, 1.807) is 6.92 Å². The van der Waals surface area contributed by atoms with E-state index in [0.717, 1.165) is 0 Å². The van der Waals surface area contributed by atoms with Crippen LogP contribution in [-0.2, 0) is 14.4 Å². The van der Waals surface area contributed by atoms with Crippen LogP contribution in [0, 0.1) is 0 Å². The summed E-state index contributed by atoms with van der Waals surface area (Å²) in [6.45, 7) is 3.92. The van der Waals surface area contributed by atoms with Gasteiger partial charge in [-0.15, -0.1) is 0 Å². The predicted molar refractivity (Wildman–Crippen MR) is 53.6 cm³/mol. The largest absolute Gasteiger partial charge is 0.479 e. The predicted octanol–water partition coefficient (Wildman–Crippen LogP) is -0.277. The molecule has 2 unspecified atom stereocenters. The van der Waals surface area contributed by atoms with Gasteiger partial charge in [-0.05, 0) is 13.8 Å². The van der Waals surface area contributed by atoms with Crippen molar-refractivity contribution in [3.8, 4) is 0 Å².